The maximum atomic E-state index is 14.4. The SMILES string of the molecule is O=[PH](OC(F)c1nc(-c2ccc(Br)cc2)cs1)OC(F)c1nc(-c2ccc(Br)cc2)cs1. The van der Waals surface area contributed by atoms with Crippen LogP contribution in [0.25, 0.3) is 22.5 Å². The van der Waals surface area contributed by atoms with Crippen LogP contribution < -0.4 is 0 Å². The largest absolute Gasteiger partial charge is 0.324 e. The zero-order valence-electron chi connectivity index (χ0n) is 15.9. The standard InChI is InChI=1S/C20H13Br2F2N2O3PS2/c21-13-5-1-11(2-6-13)15-9-31-19(25-15)17(23)28-30(27)29-18(24)20-26-16(10-32-20)12-3-7-14(22)8-4-12/h1-10,17-18,30H. The molecule has 166 valence electrons. The molecule has 0 aliphatic heterocycles. The number of hydrogen-bond acceptors (Lipinski definition) is 7. The number of halogens is 4. The van der Waals surface area contributed by atoms with Crippen molar-refractivity contribution in [2.45, 2.75) is 12.7 Å². The first-order valence-corrected chi connectivity index (χ1v) is 13.5. The minimum absolute atomic E-state index is 0.0351. The molecule has 0 saturated carbocycles. The Morgan fingerprint density at radius 3 is 1.50 bits per heavy atom. The minimum Gasteiger partial charge on any atom is -0.268 e. The topological polar surface area (TPSA) is 61.3 Å². The fourth-order valence-corrected chi connectivity index (χ4v) is 5.36. The number of alkyl halides is 2. The van der Waals surface area contributed by atoms with Crippen LogP contribution >= 0.6 is 62.8 Å². The van der Waals surface area contributed by atoms with Gasteiger partial charge in [0.1, 0.15) is 0 Å². The van der Waals surface area contributed by atoms with Crippen LogP contribution in [0.2, 0.25) is 0 Å². The number of benzene rings is 2. The lowest BCUT2D eigenvalue weighted by Crippen LogP contribution is -1.97. The monoisotopic (exact) mass is 620 g/mol. The zero-order valence-corrected chi connectivity index (χ0v) is 21.7. The molecule has 2 atom stereocenters. The van der Waals surface area contributed by atoms with Crippen LogP contribution in [0.1, 0.15) is 22.7 Å². The zero-order chi connectivity index (χ0) is 22.7. The van der Waals surface area contributed by atoms with Crippen molar-refractivity contribution in [3.8, 4) is 22.5 Å². The lowest BCUT2D eigenvalue weighted by atomic mass is 10.2. The predicted octanol–water partition coefficient (Wildman–Crippen LogP) is 8.52. The molecule has 0 radical (unpaired) electrons. The number of thiazole rings is 2. The van der Waals surface area contributed by atoms with E-state index in [1.807, 2.05) is 48.5 Å². The van der Waals surface area contributed by atoms with Gasteiger partial charge in [-0.05, 0) is 24.3 Å². The Bertz CT molecular complexity index is 1130. The van der Waals surface area contributed by atoms with E-state index in [9.17, 15) is 13.3 Å². The molecule has 2 unspecified atom stereocenters. The molecule has 0 aliphatic carbocycles. The van der Waals surface area contributed by atoms with Crippen LogP contribution in [-0.4, -0.2) is 9.97 Å². The third-order valence-corrected chi connectivity index (χ3v) is 7.69. The average molecular weight is 622 g/mol. The Morgan fingerprint density at radius 1 is 0.750 bits per heavy atom. The summed E-state index contributed by atoms with van der Waals surface area (Å²) in [5.41, 5.74) is 2.69. The molecular formula is C20H13Br2F2N2O3PS2. The summed E-state index contributed by atoms with van der Waals surface area (Å²) in [6, 6.07) is 14.7. The number of rotatable bonds is 8. The Hall–Kier alpha value is -1.33. The molecule has 2 aromatic carbocycles. The molecule has 0 bridgehead atoms. The summed E-state index contributed by atoms with van der Waals surface area (Å²) >= 11 is 8.71. The molecule has 32 heavy (non-hydrogen) atoms. The van der Waals surface area contributed by atoms with Gasteiger partial charge in [0.25, 0.3) is 12.7 Å². The number of aromatic nitrogens is 2. The van der Waals surface area contributed by atoms with Crippen LogP contribution in [-0.2, 0) is 13.6 Å². The second-order valence-electron chi connectivity index (χ2n) is 6.27. The van der Waals surface area contributed by atoms with Crippen molar-refractivity contribution >= 4 is 62.8 Å². The quantitative estimate of drug-likeness (QED) is 0.185. The van der Waals surface area contributed by atoms with Crippen molar-refractivity contribution in [1.82, 2.24) is 9.97 Å². The molecule has 0 fully saturated rings. The lowest BCUT2D eigenvalue weighted by Gasteiger charge is -2.09. The average Bonchev–Trinajstić information content (AvgIpc) is 3.45. The predicted molar refractivity (Wildman–Crippen MR) is 129 cm³/mol. The lowest BCUT2D eigenvalue weighted by molar-refractivity contribution is 0.0126. The van der Waals surface area contributed by atoms with E-state index in [1.165, 1.54) is 0 Å². The van der Waals surface area contributed by atoms with Gasteiger partial charge in [0.05, 0.1) is 11.4 Å². The van der Waals surface area contributed by atoms with Gasteiger partial charge in [-0.25, -0.2) is 18.7 Å². The maximum Gasteiger partial charge on any atom is 0.324 e. The van der Waals surface area contributed by atoms with Crippen LogP contribution in [0, 0.1) is 0 Å². The van der Waals surface area contributed by atoms with E-state index >= 15 is 0 Å². The van der Waals surface area contributed by atoms with Crippen LogP contribution in [0.3, 0.4) is 0 Å². The van der Waals surface area contributed by atoms with E-state index in [0.717, 1.165) is 42.7 Å². The van der Waals surface area contributed by atoms with Gasteiger partial charge in [-0.2, -0.15) is 0 Å². The molecule has 4 rings (SSSR count). The van der Waals surface area contributed by atoms with E-state index in [-0.39, 0.29) is 10.0 Å². The van der Waals surface area contributed by atoms with Gasteiger partial charge in [0.15, 0.2) is 10.0 Å². The third kappa shape index (κ3) is 5.96. The van der Waals surface area contributed by atoms with E-state index in [2.05, 4.69) is 41.8 Å². The first kappa shape index (κ1) is 23.8. The number of nitrogens with zero attached hydrogens (tertiary/aromatic N) is 2. The summed E-state index contributed by atoms with van der Waals surface area (Å²) in [6.07, 6.45) is -4.20. The normalized spacial score (nSPS) is 14.2. The van der Waals surface area contributed by atoms with Crippen molar-refractivity contribution in [3.63, 3.8) is 0 Å². The van der Waals surface area contributed by atoms with Crippen molar-refractivity contribution in [2.24, 2.45) is 0 Å². The molecule has 2 heterocycles. The van der Waals surface area contributed by atoms with Gasteiger partial charge in [0.2, 0.25) is 0 Å². The van der Waals surface area contributed by atoms with E-state index in [1.54, 1.807) is 10.8 Å². The van der Waals surface area contributed by atoms with Crippen LogP contribution in [0.15, 0.2) is 68.2 Å². The van der Waals surface area contributed by atoms with E-state index in [4.69, 9.17) is 9.05 Å². The highest BCUT2D eigenvalue weighted by Crippen LogP contribution is 2.41. The van der Waals surface area contributed by atoms with Gasteiger partial charge in [-0.1, -0.05) is 56.1 Å². The Balaban J connectivity index is 1.35. The first-order valence-electron chi connectivity index (χ1n) is 8.97. The molecule has 0 saturated heterocycles. The molecule has 12 heteroatoms. The first-order chi connectivity index (χ1) is 15.4. The van der Waals surface area contributed by atoms with E-state index in [0.29, 0.717) is 11.4 Å². The Kier molecular flexibility index (Phi) is 7.99. The highest BCUT2D eigenvalue weighted by Gasteiger charge is 2.23. The summed E-state index contributed by atoms with van der Waals surface area (Å²) in [4.78, 5) is 8.32. The van der Waals surface area contributed by atoms with Crippen molar-refractivity contribution < 1.29 is 22.4 Å². The minimum atomic E-state index is -3.48. The molecule has 2 aromatic heterocycles. The summed E-state index contributed by atoms with van der Waals surface area (Å²) < 4.78 is 52.1. The Labute approximate surface area is 207 Å². The van der Waals surface area contributed by atoms with Crippen molar-refractivity contribution in [1.29, 1.82) is 0 Å². The van der Waals surface area contributed by atoms with E-state index < -0.39 is 21.0 Å². The maximum absolute atomic E-state index is 14.4. The summed E-state index contributed by atoms with van der Waals surface area (Å²) in [5.74, 6) is 0. The third-order valence-electron chi connectivity index (χ3n) is 4.11. The number of hydrogen-bond donors (Lipinski definition) is 0. The summed E-state index contributed by atoms with van der Waals surface area (Å²) in [7, 11) is -3.48. The van der Waals surface area contributed by atoms with Crippen molar-refractivity contribution in [3.05, 3.63) is 78.3 Å². The molecule has 0 spiro atoms. The Morgan fingerprint density at radius 2 is 1.12 bits per heavy atom. The van der Waals surface area contributed by atoms with Gasteiger partial charge in [0, 0.05) is 30.8 Å². The van der Waals surface area contributed by atoms with Gasteiger partial charge < -0.3 is 0 Å². The molecule has 5 nitrogen and oxygen atoms in total. The molecule has 0 N–H and O–H groups in total. The molecular weight excluding hydrogens is 609 g/mol. The fraction of sp³-hybridized carbons (Fsp3) is 0.100. The molecule has 0 aliphatic rings. The van der Waals surface area contributed by atoms with Crippen LogP contribution in [0.4, 0.5) is 8.78 Å². The van der Waals surface area contributed by atoms with Crippen molar-refractivity contribution in [2.75, 3.05) is 0 Å². The summed E-state index contributed by atoms with van der Waals surface area (Å²) in [5, 5.41) is 3.24. The van der Waals surface area contributed by atoms with Gasteiger partial charge in [-0.3, -0.25) is 13.6 Å². The highest BCUT2D eigenvalue weighted by atomic mass is 79.9. The fourth-order valence-electron chi connectivity index (χ4n) is 2.59. The second kappa shape index (κ2) is 10.7. The highest BCUT2D eigenvalue weighted by molar-refractivity contribution is 9.10. The van der Waals surface area contributed by atoms with Gasteiger partial charge in [-0.15, -0.1) is 22.7 Å². The smallest absolute Gasteiger partial charge is 0.268 e. The summed E-state index contributed by atoms with van der Waals surface area (Å²) in [6.45, 7) is 0. The molecule has 0 amide bonds. The molecule has 4 aromatic rings. The van der Waals surface area contributed by atoms with Gasteiger partial charge >= 0.3 is 8.25 Å². The van der Waals surface area contributed by atoms with Crippen LogP contribution in [0.5, 0.6) is 0 Å². The second-order valence-corrected chi connectivity index (χ2v) is 10.9.